The number of ether oxygens (including phenoxy) is 2. The molecule has 0 amide bonds. The van der Waals surface area contributed by atoms with E-state index in [-0.39, 0.29) is 18.0 Å². The fraction of sp³-hybridized carbons (Fsp3) is 0.800. The molecule has 1 rings (SSSR count). The molecule has 0 heterocycles. The van der Waals surface area contributed by atoms with Gasteiger partial charge >= 0.3 is 5.97 Å². The quantitative estimate of drug-likeness (QED) is 0.497. The Labute approximate surface area is 83.6 Å². The molecule has 0 aliphatic heterocycles. The van der Waals surface area contributed by atoms with Crippen molar-refractivity contribution in [2.45, 2.75) is 51.2 Å². The van der Waals surface area contributed by atoms with Gasteiger partial charge in [0.2, 0.25) is 0 Å². The molecule has 0 saturated heterocycles. The topological polar surface area (TPSA) is 52.6 Å². The number of hydrogen-bond donors (Lipinski definition) is 0. The summed E-state index contributed by atoms with van der Waals surface area (Å²) in [6.45, 7) is 5.61. The van der Waals surface area contributed by atoms with Crippen LogP contribution >= 0.6 is 0 Å². The van der Waals surface area contributed by atoms with Crippen molar-refractivity contribution >= 4 is 12.4 Å². The molecule has 0 spiro atoms. The first-order valence-electron chi connectivity index (χ1n) is 4.70. The highest BCUT2D eigenvalue weighted by atomic mass is 16.6. The molecule has 1 fully saturated rings. The number of carbonyl (C=O) groups excluding carboxylic acids is 2. The van der Waals surface area contributed by atoms with E-state index in [1.54, 1.807) is 13.8 Å². The minimum Gasteiger partial charge on any atom is -0.461 e. The number of hydrogen-bond acceptors (Lipinski definition) is 4. The normalized spacial score (nSPS) is 18.5. The lowest BCUT2D eigenvalue weighted by atomic mass is 10.1. The van der Waals surface area contributed by atoms with Gasteiger partial charge in [0.25, 0.3) is 6.47 Å². The molecule has 0 radical (unpaired) electrons. The number of rotatable bonds is 5. The molecule has 0 atom stereocenters. The molecule has 0 bridgehead atoms. The van der Waals surface area contributed by atoms with Crippen LogP contribution in [0, 0.1) is 0 Å². The van der Waals surface area contributed by atoms with Gasteiger partial charge in [-0.25, -0.2) is 0 Å². The van der Waals surface area contributed by atoms with E-state index in [1.165, 1.54) is 0 Å². The van der Waals surface area contributed by atoms with Crippen LogP contribution in [-0.4, -0.2) is 23.6 Å². The molecule has 0 aromatic rings. The Morgan fingerprint density at radius 2 is 2.07 bits per heavy atom. The first-order chi connectivity index (χ1) is 6.37. The summed E-state index contributed by atoms with van der Waals surface area (Å²) in [7, 11) is 0. The summed E-state index contributed by atoms with van der Waals surface area (Å²) in [5, 5.41) is 0. The summed E-state index contributed by atoms with van der Waals surface area (Å²) in [5.41, 5.74) is -1.03. The van der Waals surface area contributed by atoms with Crippen molar-refractivity contribution in [2.24, 2.45) is 0 Å². The Morgan fingerprint density at radius 3 is 2.50 bits per heavy atom. The lowest BCUT2D eigenvalue weighted by molar-refractivity contribution is -0.158. The molecule has 0 aromatic heterocycles. The van der Waals surface area contributed by atoms with Crippen LogP contribution in [-0.2, 0) is 19.1 Å². The molecular formula is C10H16O4. The van der Waals surface area contributed by atoms with Crippen LogP contribution < -0.4 is 0 Å². The summed E-state index contributed by atoms with van der Waals surface area (Å²) in [4.78, 5) is 21.5. The third-order valence-electron chi connectivity index (χ3n) is 2.25. The van der Waals surface area contributed by atoms with Crippen LogP contribution in [0.25, 0.3) is 0 Å². The molecule has 1 aliphatic rings. The second kappa shape index (κ2) is 3.59. The lowest BCUT2D eigenvalue weighted by Crippen LogP contribution is -2.30. The van der Waals surface area contributed by atoms with E-state index in [1.807, 2.05) is 6.92 Å². The van der Waals surface area contributed by atoms with E-state index in [0.29, 0.717) is 6.47 Å². The van der Waals surface area contributed by atoms with Gasteiger partial charge in [0, 0.05) is 0 Å². The van der Waals surface area contributed by atoms with Crippen LogP contribution in [0.3, 0.4) is 0 Å². The molecule has 1 aliphatic carbocycles. The van der Waals surface area contributed by atoms with Gasteiger partial charge < -0.3 is 9.47 Å². The fourth-order valence-electron chi connectivity index (χ4n) is 1.11. The van der Waals surface area contributed by atoms with Crippen LogP contribution in [0.2, 0.25) is 0 Å². The Hall–Kier alpha value is -1.06. The van der Waals surface area contributed by atoms with Gasteiger partial charge in [0.15, 0.2) is 0 Å². The van der Waals surface area contributed by atoms with Gasteiger partial charge in [0.05, 0.1) is 6.42 Å². The van der Waals surface area contributed by atoms with Crippen molar-refractivity contribution < 1.29 is 19.1 Å². The second-order valence-electron chi connectivity index (χ2n) is 4.57. The third-order valence-corrected chi connectivity index (χ3v) is 2.25. The summed E-state index contributed by atoms with van der Waals surface area (Å²) in [5.74, 6) is -0.308. The molecule has 80 valence electrons. The fourth-order valence-corrected chi connectivity index (χ4v) is 1.11. The molecule has 0 aromatic carbocycles. The predicted octanol–water partition coefficient (Wildman–Crippen LogP) is 1.42. The van der Waals surface area contributed by atoms with E-state index in [2.05, 4.69) is 0 Å². The van der Waals surface area contributed by atoms with E-state index in [0.717, 1.165) is 12.8 Å². The van der Waals surface area contributed by atoms with Crippen molar-refractivity contribution in [3.63, 3.8) is 0 Å². The van der Waals surface area contributed by atoms with Crippen LogP contribution in [0.15, 0.2) is 0 Å². The van der Waals surface area contributed by atoms with Crippen molar-refractivity contribution in [1.29, 1.82) is 0 Å². The number of esters is 1. The Balaban J connectivity index is 2.35. The van der Waals surface area contributed by atoms with Gasteiger partial charge in [-0.1, -0.05) is 0 Å². The van der Waals surface area contributed by atoms with Crippen LogP contribution in [0.5, 0.6) is 0 Å². The van der Waals surface area contributed by atoms with E-state index in [9.17, 15) is 9.59 Å². The highest BCUT2D eigenvalue weighted by molar-refractivity contribution is 5.71. The molecule has 14 heavy (non-hydrogen) atoms. The highest BCUT2D eigenvalue weighted by Gasteiger charge is 2.42. The van der Waals surface area contributed by atoms with Gasteiger partial charge in [-0.2, -0.15) is 0 Å². The molecule has 0 unspecified atom stereocenters. The zero-order valence-electron chi connectivity index (χ0n) is 8.83. The van der Waals surface area contributed by atoms with Gasteiger partial charge in [-0.3, -0.25) is 9.59 Å². The highest BCUT2D eigenvalue weighted by Crippen LogP contribution is 2.39. The molecule has 4 heteroatoms. The average Bonchev–Trinajstić information content (AvgIpc) is 2.64. The largest absolute Gasteiger partial charge is 0.461 e. The molecule has 0 N–H and O–H groups in total. The average molecular weight is 200 g/mol. The van der Waals surface area contributed by atoms with Crippen LogP contribution in [0.1, 0.15) is 40.0 Å². The molecule has 1 saturated carbocycles. The zero-order valence-corrected chi connectivity index (χ0v) is 8.83. The summed E-state index contributed by atoms with van der Waals surface area (Å²) < 4.78 is 9.95. The van der Waals surface area contributed by atoms with Gasteiger partial charge in [0.1, 0.15) is 11.2 Å². The van der Waals surface area contributed by atoms with Crippen molar-refractivity contribution in [3.05, 3.63) is 0 Å². The van der Waals surface area contributed by atoms with Gasteiger partial charge in [-0.15, -0.1) is 0 Å². The maximum atomic E-state index is 11.4. The third kappa shape index (κ3) is 3.36. The number of carbonyl (C=O) groups is 2. The van der Waals surface area contributed by atoms with Crippen LogP contribution in [0.4, 0.5) is 0 Å². The molecule has 4 nitrogen and oxygen atoms in total. The van der Waals surface area contributed by atoms with Crippen molar-refractivity contribution in [2.75, 3.05) is 0 Å². The maximum absolute atomic E-state index is 11.4. The SMILES string of the molecule is CC(C)(CC(=O)OC1(C)CC1)OC=O. The zero-order chi connectivity index (χ0) is 10.8. The Kier molecular flexibility index (Phi) is 2.83. The Bertz CT molecular complexity index is 241. The second-order valence-corrected chi connectivity index (χ2v) is 4.57. The smallest absolute Gasteiger partial charge is 0.310 e. The standard InChI is InChI=1S/C10H16O4/c1-9(2,13-7-11)6-8(12)14-10(3)4-5-10/h7H,4-6H2,1-3H3. The van der Waals surface area contributed by atoms with Crippen molar-refractivity contribution in [3.8, 4) is 0 Å². The first-order valence-corrected chi connectivity index (χ1v) is 4.70. The molecular weight excluding hydrogens is 184 g/mol. The monoisotopic (exact) mass is 200 g/mol. The predicted molar refractivity (Wildman–Crippen MR) is 49.6 cm³/mol. The minimum absolute atomic E-state index is 0.0985. The lowest BCUT2D eigenvalue weighted by Gasteiger charge is -2.22. The maximum Gasteiger partial charge on any atom is 0.310 e. The van der Waals surface area contributed by atoms with E-state index < -0.39 is 5.60 Å². The first kappa shape index (κ1) is 11.0. The summed E-state index contributed by atoms with van der Waals surface area (Å²) in [6.07, 6.45) is 1.95. The van der Waals surface area contributed by atoms with Crippen molar-refractivity contribution in [1.82, 2.24) is 0 Å². The summed E-state index contributed by atoms with van der Waals surface area (Å²) >= 11 is 0. The van der Waals surface area contributed by atoms with E-state index >= 15 is 0 Å². The van der Waals surface area contributed by atoms with E-state index in [4.69, 9.17) is 9.47 Å². The van der Waals surface area contributed by atoms with Gasteiger partial charge in [-0.05, 0) is 33.6 Å². The Morgan fingerprint density at radius 1 is 1.50 bits per heavy atom. The minimum atomic E-state index is -0.774. The summed E-state index contributed by atoms with van der Waals surface area (Å²) in [6, 6.07) is 0.